The van der Waals surface area contributed by atoms with Crippen LogP contribution in [0.2, 0.25) is 0 Å². The Bertz CT molecular complexity index is 799. The molecule has 5 nitrogen and oxygen atoms in total. The van der Waals surface area contributed by atoms with E-state index in [1.54, 1.807) is 6.26 Å². The third-order valence-electron chi connectivity index (χ3n) is 3.44. The second-order valence-corrected chi connectivity index (χ2v) is 5.59. The van der Waals surface area contributed by atoms with Crippen LogP contribution in [-0.2, 0) is 11.5 Å². The molecule has 1 aromatic carbocycles. The standard InChI is InChI=1S/C14H12N4OS/c15-18-14-10-6-20-7-11(10)16-13(17-14)9-5-19-12-4-2-1-3-8(9)12/h1-5H,6-7,15H2,(H,16,17,18). The first-order valence-corrected chi connectivity index (χ1v) is 7.43. The summed E-state index contributed by atoms with van der Waals surface area (Å²) in [7, 11) is 0. The summed E-state index contributed by atoms with van der Waals surface area (Å²) in [5.74, 6) is 8.75. The number of nitrogens with zero attached hydrogens (tertiary/aromatic N) is 2. The van der Waals surface area contributed by atoms with Crippen LogP contribution in [0.4, 0.5) is 5.82 Å². The molecule has 0 amide bonds. The van der Waals surface area contributed by atoms with Crippen molar-refractivity contribution in [3.63, 3.8) is 0 Å². The van der Waals surface area contributed by atoms with Crippen molar-refractivity contribution >= 4 is 28.5 Å². The van der Waals surface area contributed by atoms with Crippen LogP contribution in [0.15, 0.2) is 34.9 Å². The fraction of sp³-hybridized carbons (Fsp3) is 0.143. The minimum absolute atomic E-state index is 0.657. The number of thioether (sulfide) groups is 1. The van der Waals surface area contributed by atoms with Crippen molar-refractivity contribution in [3.8, 4) is 11.4 Å². The molecule has 0 saturated heterocycles. The number of hydrazine groups is 1. The van der Waals surface area contributed by atoms with Crippen LogP contribution in [0.5, 0.6) is 0 Å². The maximum absolute atomic E-state index is 5.58. The molecule has 2 aromatic heterocycles. The lowest BCUT2D eigenvalue weighted by Gasteiger charge is -2.07. The summed E-state index contributed by atoms with van der Waals surface area (Å²) in [6, 6.07) is 7.87. The summed E-state index contributed by atoms with van der Waals surface area (Å²) in [6.45, 7) is 0. The van der Waals surface area contributed by atoms with Crippen molar-refractivity contribution in [2.75, 3.05) is 5.43 Å². The van der Waals surface area contributed by atoms with E-state index in [0.29, 0.717) is 11.6 Å². The van der Waals surface area contributed by atoms with E-state index in [0.717, 1.165) is 39.3 Å². The maximum Gasteiger partial charge on any atom is 0.165 e. The molecule has 3 aromatic rings. The number of nitrogens with one attached hydrogen (secondary N) is 1. The van der Waals surface area contributed by atoms with Crippen LogP contribution in [0, 0.1) is 0 Å². The zero-order chi connectivity index (χ0) is 13.5. The summed E-state index contributed by atoms with van der Waals surface area (Å²) < 4.78 is 5.56. The van der Waals surface area contributed by atoms with Gasteiger partial charge in [-0.2, -0.15) is 11.8 Å². The third-order valence-corrected chi connectivity index (χ3v) is 4.41. The highest BCUT2D eigenvalue weighted by atomic mass is 32.2. The summed E-state index contributed by atoms with van der Waals surface area (Å²) in [5.41, 5.74) is 6.58. The fourth-order valence-electron chi connectivity index (χ4n) is 2.44. The summed E-state index contributed by atoms with van der Waals surface area (Å²) >= 11 is 1.82. The van der Waals surface area contributed by atoms with Crippen molar-refractivity contribution in [3.05, 3.63) is 41.8 Å². The van der Waals surface area contributed by atoms with Gasteiger partial charge in [0.1, 0.15) is 17.7 Å². The van der Waals surface area contributed by atoms with Gasteiger partial charge in [-0.05, 0) is 6.07 Å². The molecule has 100 valence electrons. The van der Waals surface area contributed by atoms with Gasteiger partial charge in [0.25, 0.3) is 0 Å². The Kier molecular flexibility index (Phi) is 2.64. The van der Waals surface area contributed by atoms with E-state index < -0.39 is 0 Å². The van der Waals surface area contributed by atoms with Crippen molar-refractivity contribution in [2.24, 2.45) is 5.84 Å². The minimum Gasteiger partial charge on any atom is -0.464 e. The molecule has 0 aliphatic carbocycles. The number of hydrogen-bond donors (Lipinski definition) is 2. The maximum atomic E-state index is 5.58. The van der Waals surface area contributed by atoms with Crippen LogP contribution in [0.3, 0.4) is 0 Å². The molecule has 0 fully saturated rings. The van der Waals surface area contributed by atoms with E-state index in [1.807, 2.05) is 36.0 Å². The number of furan rings is 1. The van der Waals surface area contributed by atoms with E-state index in [2.05, 4.69) is 15.4 Å². The molecule has 3 heterocycles. The number of nitrogens with two attached hydrogens (primary N) is 1. The smallest absolute Gasteiger partial charge is 0.165 e. The van der Waals surface area contributed by atoms with Gasteiger partial charge in [-0.3, -0.25) is 0 Å². The van der Waals surface area contributed by atoms with Gasteiger partial charge in [-0.15, -0.1) is 0 Å². The van der Waals surface area contributed by atoms with Gasteiger partial charge in [0, 0.05) is 22.5 Å². The first kappa shape index (κ1) is 11.7. The minimum atomic E-state index is 0.657. The van der Waals surface area contributed by atoms with Gasteiger partial charge in [0.15, 0.2) is 5.82 Å². The number of benzene rings is 1. The Hall–Kier alpha value is -2.05. The molecule has 0 spiro atoms. The predicted molar refractivity (Wildman–Crippen MR) is 80.0 cm³/mol. The monoisotopic (exact) mass is 284 g/mol. The second kappa shape index (κ2) is 4.50. The number of nitrogen functional groups attached to an aromatic ring is 1. The molecule has 0 saturated carbocycles. The predicted octanol–water partition coefficient (Wildman–Crippen LogP) is 2.92. The van der Waals surface area contributed by atoms with E-state index >= 15 is 0 Å². The zero-order valence-electron chi connectivity index (χ0n) is 10.6. The molecule has 1 aliphatic heterocycles. The molecule has 3 N–H and O–H groups in total. The Balaban J connectivity index is 1.94. The highest BCUT2D eigenvalue weighted by molar-refractivity contribution is 7.98. The number of rotatable bonds is 2. The van der Waals surface area contributed by atoms with Crippen molar-refractivity contribution < 1.29 is 4.42 Å². The normalized spacial score (nSPS) is 13.7. The third kappa shape index (κ3) is 1.69. The van der Waals surface area contributed by atoms with Gasteiger partial charge in [0.05, 0.1) is 11.3 Å². The average molecular weight is 284 g/mol. The molecule has 0 unspecified atom stereocenters. The van der Waals surface area contributed by atoms with Crippen LogP contribution in [0.1, 0.15) is 11.3 Å². The molecule has 20 heavy (non-hydrogen) atoms. The first-order chi connectivity index (χ1) is 9.86. The highest BCUT2D eigenvalue weighted by Gasteiger charge is 2.21. The number of para-hydroxylation sites is 1. The van der Waals surface area contributed by atoms with Crippen molar-refractivity contribution in [1.29, 1.82) is 0 Å². The van der Waals surface area contributed by atoms with E-state index in [9.17, 15) is 0 Å². The van der Waals surface area contributed by atoms with Gasteiger partial charge >= 0.3 is 0 Å². The van der Waals surface area contributed by atoms with Crippen molar-refractivity contribution in [1.82, 2.24) is 9.97 Å². The molecular formula is C14H12N4OS. The number of hydrogen-bond acceptors (Lipinski definition) is 6. The molecule has 0 atom stereocenters. The second-order valence-electron chi connectivity index (χ2n) is 4.60. The van der Waals surface area contributed by atoms with Crippen LogP contribution in [0.25, 0.3) is 22.4 Å². The molecule has 0 radical (unpaired) electrons. The Morgan fingerprint density at radius 3 is 3.00 bits per heavy atom. The summed E-state index contributed by atoms with van der Waals surface area (Å²) in [5, 5.41) is 1.01. The van der Waals surface area contributed by atoms with E-state index in [4.69, 9.17) is 10.3 Å². The summed E-state index contributed by atoms with van der Waals surface area (Å²) in [6.07, 6.45) is 1.70. The topological polar surface area (TPSA) is 77.0 Å². The molecule has 0 bridgehead atoms. The lowest BCUT2D eigenvalue weighted by molar-refractivity contribution is 0.616. The Labute approximate surface area is 119 Å². The largest absolute Gasteiger partial charge is 0.464 e. The quantitative estimate of drug-likeness (QED) is 0.556. The molecular weight excluding hydrogens is 272 g/mol. The Morgan fingerprint density at radius 1 is 1.20 bits per heavy atom. The number of fused-ring (bicyclic) bond motifs is 2. The highest BCUT2D eigenvalue weighted by Crippen LogP contribution is 2.35. The van der Waals surface area contributed by atoms with Crippen LogP contribution < -0.4 is 11.3 Å². The van der Waals surface area contributed by atoms with E-state index in [1.165, 1.54) is 0 Å². The van der Waals surface area contributed by atoms with Gasteiger partial charge in [-0.1, -0.05) is 18.2 Å². The van der Waals surface area contributed by atoms with Gasteiger partial charge < -0.3 is 9.84 Å². The van der Waals surface area contributed by atoms with E-state index in [-0.39, 0.29) is 0 Å². The fourth-order valence-corrected chi connectivity index (χ4v) is 3.48. The lowest BCUT2D eigenvalue weighted by Crippen LogP contribution is -2.12. The first-order valence-electron chi connectivity index (χ1n) is 6.27. The lowest BCUT2D eigenvalue weighted by atomic mass is 10.1. The SMILES string of the molecule is NNc1nc(-c2coc3ccccc23)nc2c1CSC2. The Morgan fingerprint density at radius 2 is 2.10 bits per heavy atom. The average Bonchev–Trinajstić information content (AvgIpc) is 3.12. The molecule has 4 rings (SSSR count). The van der Waals surface area contributed by atoms with Crippen LogP contribution >= 0.6 is 11.8 Å². The molecule has 6 heteroatoms. The van der Waals surface area contributed by atoms with Crippen molar-refractivity contribution in [2.45, 2.75) is 11.5 Å². The number of aromatic nitrogens is 2. The summed E-state index contributed by atoms with van der Waals surface area (Å²) in [4.78, 5) is 9.20. The molecule has 1 aliphatic rings. The van der Waals surface area contributed by atoms with Gasteiger partial charge in [-0.25, -0.2) is 15.8 Å². The number of anilines is 1. The van der Waals surface area contributed by atoms with Crippen LogP contribution in [-0.4, -0.2) is 9.97 Å². The zero-order valence-corrected chi connectivity index (χ0v) is 11.4. The van der Waals surface area contributed by atoms with Gasteiger partial charge in [0.2, 0.25) is 0 Å².